The lowest BCUT2D eigenvalue weighted by molar-refractivity contribution is 0.0498. The van der Waals surface area contributed by atoms with E-state index in [0.717, 1.165) is 35.2 Å². The number of nitrogens with one attached hydrogen (secondary N) is 1. The van der Waals surface area contributed by atoms with Crippen LogP contribution in [0, 0.1) is 11.3 Å². The van der Waals surface area contributed by atoms with E-state index in [-0.39, 0.29) is 11.9 Å². The fraction of sp³-hybridized carbons (Fsp3) is 0.500. The minimum atomic E-state index is 0.0838. The maximum absolute atomic E-state index is 7.49. The molecule has 2 unspecified atom stereocenters. The molecular weight excluding hydrogens is 306 g/mol. The highest BCUT2D eigenvalue weighted by Gasteiger charge is 2.26. The molecule has 2 rings (SSSR count). The van der Waals surface area contributed by atoms with Crippen molar-refractivity contribution >= 4 is 27.5 Å². The van der Waals surface area contributed by atoms with Crippen molar-refractivity contribution in [1.29, 1.82) is 5.41 Å². The number of benzene rings is 1. The molecule has 1 fully saturated rings. The van der Waals surface area contributed by atoms with E-state index >= 15 is 0 Å². The monoisotopic (exact) mass is 325 g/mol. The Morgan fingerprint density at radius 1 is 1.53 bits per heavy atom. The van der Waals surface area contributed by atoms with E-state index in [0.29, 0.717) is 5.92 Å². The number of ether oxygens (including phenoxy) is 1. The van der Waals surface area contributed by atoms with Gasteiger partial charge in [0.2, 0.25) is 0 Å². The summed E-state index contributed by atoms with van der Waals surface area (Å²) in [7, 11) is 1.78. The summed E-state index contributed by atoms with van der Waals surface area (Å²) in [5.74, 6) is 0.682. The molecule has 0 aromatic heterocycles. The van der Waals surface area contributed by atoms with Crippen LogP contribution in [-0.2, 0) is 4.74 Å². The SMILES string of the molecule is COC1CN(c2ccc(C(=N)N)c(Br)c2)CCC1C. The van der Waals surface area contributed by atoms with Crippen LogP contribution < -0.4 is 10.6 Å². The van der Waals surface area contributed by atoms with Crippen molar-refractivity contribution < 1.29 is 4.74 Å². The zero-order valence-electron chi connectivity index (χ0n) is 11.3. The van der Waals surface area contributed by atoms with Gasteiger partial charge >= 0.3 is 0 Å². The van der Waals surface area contributed by atoms with Crippen molar-refractivity contribution in [3.8, 4) is 0 Å². The first-order valence-corrected chi connectivity index (χ1v) is 7.24. The molecule has 3 N–H and O–H groups in total. The van der Waals surface area contributed by atoms with Gasteiger partial charge in [-0.3, -0.25) is 5.41 Å². The molecule has 4 nitrogen and oxygen atoms in total. The van der Waals surface area contributed by atoms with Crippen molar-refractivity contribution in [2.24, 2.45) is 11.7 Å². The Balaban J connectivity index is 2.18. The third kappa shape index (κ3) is 3.09. The van der Waals surface area contributed by atoms with Gasteiger partial charge in [0.25, 0.3) is 0 Å². The average molecular weight is 326 g/mol. The minimum absolute atomic E-state index is 0.0838. The van der Waals surface area contributed by atoms with Crippen LogP contribution in [0.3, 0.4) is 0 Å². The summed E-state index contributed by atoms with van der Waals surface area (Å²) in [5.41, 5.74) is 7.40. The lowest BCUT2D eigenvalue weighted by Gasteiger charge is -2.37. The van der Waals surface area contributed by atoms with Crippen LogP contribution in [0.2, 0.25) is 0 Å². The number of anilines is 1. The van der Waals surface area contributed by atoms with Gasteiger partial charge in [-0.05, 0) is 46.5 Å². The molecular formula is C14H20BrN3O. The number of methoxy groups -OCH3 is 1. The maximum Gasteiger partial charge on any atom is 0.123 e. The minimum Gasteiger partial charge on any atom is -0.384 e. The Hall–Kier alpha value is -1.07. The molecule has 1 aromatic rings. The van der Waals surface area contributed by atoms with E-state index in [1.807, 2.05) is 18.2 Å². The summed E-state index contributed by atoms with van der Waals surface area (Å²) >= 11 is 3.48. The van der Waals surface area contributed by atoms with Crippen LogP contribution in [0.1, 0.15) is 18.9 Å². The quantitative estimate of drug-likeness (QED) is 0.663. The van der Waals surface area contributed by atoms with Crippen molar-refractivity contribution in [3.63, 3.8) is 0 Å². The normalized spacial score (nSPS) is 23.4. The van der Waals surface area contributed by atoms with E-state index in [1.165, 1.54) is 0 Å². The van der Waals surface area contributed by atoms with Gasteiger partial charge in [0.1, 0.15) is 5.84 Å². The number of piperidine rings is 1. The predicted molar refractivity (Wildman–Crippen MR) is 81.9 cm³/mol. The highest BCUT2D eigenvalue weighted by molar-refractivity contribution is 9.10. The third-order valence-corrected chi connectivity index (χ3v) is 4.46. The second-order valence-electron chi connectivity index (χ2n) is 5.06. The van der Waals surface area contributed by atoms with Crippen LogP contribution >= 0.6 is 15.9 Å². The summed E-state index contributed by atoms with van der Waals surface area (Å²) in [6.45, 7) is 4.18. The van der Waals surface area contributed by atoms with E-state index in [1.54, 1.807) is 7.11 Å². The maximum atomic E-state index is 7.49. The molecule has 0 saturated carbocycles. The van der Waals surface area contributed by atoms with Gasteiger partial charge in [0.05, 0.1) is 6.10 Å². The molecule has 1 heterocycles. The first-order valence-electron chi connectivity index (χ1n) is 6.44. The number of rotatable bonds is 3. The molecule has 5 heteroatoms. The zero-order chi connectivity index (χ0) is 14.0. The van der Waals surface area contributed by atoms with E-state index in [4.69, 9.17) is 15.9 Å². The average Bonchev–Trinajstić information content (AvgIpc) is 2.38. The standard InChI is InChI=1S/C14H20BrN3O/c1-9-5-6-18(8-13(9)19-2)10-3-4-11(14(16)17)12(15)7-10/h3-4,7,9,13H,5-6,8H2,1-2H3,(H3,16,17). The van der Waals surface area contributed by atoms with Crippen LogP contribution in [0.5, 0.6) is 0 Å². The lowest BCUT2D eigenvalue weighted by Crippen LogP contribution is -2.43. The molecule has 104 valence electrons. The van der Waals surface area contributed by atoms with E-state index in [9.17, 15) is 0 Å². The van der Waals surface area contributed by atoms with Crippen molar-refractivity contribution in [1.82, 2.24) is 0 Å². The van der Waals surface area contributed by atoms with Gasteiger partial charge in [0.15, 0.2) is 0 Å². The molecule has 0 amide bonds. The number of nitrogens with two attached hydrogens (primary N) is 1. The number of nitrogen functional groups attached to an aromatic ring is 1. The molecule has 2 atom stereocenters. The lowest BCUT2D eigenvalue weighted by atomic mass is 9.95. The van der Waals surface area contributed by atoms with Gasteiger partial charge in [-0.15, -0.1) is 0 Å². The number of hydrogen-bond acceptors (Lipinski definition) is 3. The second kappa shape index (κ2) is 5.92. The third-order valence-electron chi connectivity index (χ3n) is 3.80. The number of amidine groups is 1. The van der Waals surface area contributed by atoms with Crippen molar-refractivity contribution in [3.05, 3.63) is 28.2 Å². The van der Waals surface area contributed by atoms with Crippen molar-refractivity contribution in [2.75, 3.05) is 25.1 Å². The Bertz CT molecular complexity index is 478. The Labute approximate surface area is 122 Å². The summed E-state index contributed by atoms with van der Waals surface area (Å²) in [5, 5.41) is 7.49. The van der Waals surface area contributed by atoms with Crippen LogP contribution in [0.25, 0.3) is 0 Å². The fourth-order valence-corrected chi connectivity index (χ4v) is 3.07. The van der Waals surface area contributed by atoms with Gasteiger partial charge in [-0.25, -0.2) is 0 Å². The summed E-state index contributed by atoms with van der Waals surface area (Å²) < 4.78 is 6.41. The summed E-state index contributed by atoms with van der Waals surface area (Å²) in [4.78, 5) is 2.32. The van der Waals surface area contributed by atoms with Crippen LogP contribution in [0.15, 0.2) is 22.7 Å². The molecule has 1 saturated heterocycles. The molecule has 0 radical (unpaired) electrons. The molecule has 19 heavy (non-hydrogen) atoms. The highest BCUT2D eigenvalue weighted by Crippen LogP contribution is 2.28. The van der Waals surface area contributed by atoms with Crippen LogP contribution in [-0.4, -0.2) is 32.1 Å². The van der Waals surface area contributed by atoms with Crippen LogP contribution in [0.4, 0.5) is 5.69 Å². The molecule has 0 spiro atoms. The molecule has 1 aromatic carbocycles. The molecule has 0 bridgehead atoms. The smallest absolute Gasteiger partial charge is 0.123 e. The molecule has 1 aliphatic rings. The van der Waals surface area contributed by atoms with E-state index < -0.39 is 0 Å². The Kier molecular flexibility index (Phi) is 4.47. The molecule has 1 aliphatic heterocycles. The number of nitrogens with zero attached hydrogens (tertiary/aromatic N) is 1. The largest absolute Gasteiger partial charge is 0.384 e. The van der Waals surface area contributed by atoms with Gasteiger partial charge in [0, 0.05) is 35.9 Å². The first-order chi connectivity index (χ1) is 9.02. The topological polar surface area (TPSA) is 62.3 Å². The highest BCUT2D eigenvalue weighted by atomic mass is 79.9. The summed E-state index contributed by atoms with van der Waals surface area (Å²) in [6, 6.07) is 5.94. The summed E-state index contributed by atoms with van der Waals surface area (Å²) in [6.07, 6.45) is 1.41. The number of halogens is 1. The van der Waals surface area contributed by atoms with Gasteiger partial charge < -0.3 is 15.4 Å². The zero-order valence-corrected chi connectivity index (χ0v) is 12.9. The van der Waals surface area contributed by atoms with Gasteiger partial charge in [-0.1, -0.05) is 6.92 Å². The Morgan fingerprint density at radius 2 is 2.26 bits per heavy atom. The fourth-order valence-electron chi connectivity index (χ4n) is 2.49. The molecule has 0 aliphatic carbocycles. The van der Waals surface area contributed by atoms with E-state index in [2.05, 4.69) is 27.8 Å². The Morgan fingerprint density at radius 3 is 2.84 bits per heavy atom. The second-order valence-corrected chi connectivity index (χ2v) is 5.92. The predicted octanol–water partition coefficient (Wildman–Crippen LogP) is 2.59. The number of hydrogen-bond donors (Lipinski definition) is 2. The van der Waals surface area contributed by atoms with Crippen molar-refractivity contribution in [2.45, 2.75) is 19.4 Å². The first kappa shape index (κ1) is 14.3. The van der Waals surface area contributed by atoms with Gasteiger partial charge in [-0.2, -0.15) is 0 Å².